The summed E-state index contributed by atoms with van der Waals surface area (Å²) in [5.41, 5.74) is 0.845. The Morgan fingerprint density at radius 1 is 1.30 bits per heavy atom. The maximum Gasteiger partial charge on any atom is 0.233 e. The predicted octanol–water partition coefficient (Wildman–Crippen LogP) is 2.39. The first-order valence-electron chi connectivity index (χ1n) is 6.73. The summed E-state index contributed by atoms with van der Waals surface area (Å²) < 4.78 is 5.78. The number of benzene rings is 1. The highest BCUT2D eigenvalue weighted by Gasteiger charge is 2.25. The van der Waals surface area contributed by atoms with Crippen LogP contribution in [0.5, 0.6) is 0 Å². The summed E-state index contributed by atoms with van der Waals surface area (Å²) in [5, 5.41) is 4.31. The number of rotatable bonds is 2. The average Bonchev–Trinajstić information content (AvgIpc) is 2.90. The minimum absolute atomic E-state index is 0. The first-order valence-corrected chi connectivity index (χ1v) is 6.73. The van der Waals surface area contributed by atoms with E-state index in [-0.39, 0.29) is 24.2 Å². The third kappa shape index (κ3) is 2.81. The fourth-order valence-electron chi connectivity index (χ4n) is 2.50. The van der Waals surface area contributed by atoms with E-state index in [1.54, 1.807) is 0 Å². The van der Waals surface area contributed by atoms with Crippen LogP contribution in [0.4, 0.5) is 0 Å². The molecule has 1 aliphatic heterocycles. The lowest BCUT2D eigenvalue weighted by molar-refractivity contribution is -0.133. The van der Waals surface area contributed by atoms with Gasteiger partial charge in [-0.05, 0) is 19.1 Å². The van der Waals surface area contributed by atoms with Crippen molar-refractivity contribution in [3.63, 3.8) is 0 Å². The summed E-state index contributed by atoms with van der Waals surface area (Å²) in [7, 11) is 0. The lowest BCUT2D eigenvalue weighted by Gasteiger charge is -2.29. The van der Waals surface area contributed by atoms with E-state index in [2.05, 4.69) is 5.32 Å². The van der Waals surface area contributed by atoms with Gasteiger partial charge >= 0.3 is 0 Å². The first kappa shape index (κ1) is 14.9. The molecule has 1 saturated heterocycles. The van der Waals surface area contributed by atoms with Crippen LogP contribution in [-0.2, 0) is 4.79 Å². The van der Waals surface area contributed by atoms with E-state index in [9.17, 15) is 4.79 Å². The number of hydrogen-bond acceptors (Lipinski definition) is 3. The molecule has 1 fully saturated rings. The van der Waals surface area contributed by atoms with Crippen molar-refractivity contribution in [3.8, 4) is 0 Å². The molecule has 0 bridgehead atoms. The van der Waals surface area contributed by atoms with Crippen LogP contribution in [0.3, 0.4) is 0 Å². The number of fused-ring (bicyclic) bond motifs is 1. The van der Waals surface area contributed by atoms with Crippen LogP contribution in [0.25, 0.3) is 11.0 Å². The normalized spacial score (nSPS) is 16.8. The third-order valence-electron chi connectivity index (χ3n) is 3.67. The Hall–Kier alpha value is -1.52. The molecule has 1 aromatic heterocycles. The molecule has 0 radical (unpaired) electrons. The van der Waals surface area contributed by atoms with Crippen molar-refractivity contribution in [2.45, 2.75) is 12.8 Å². The summed E-state index contributed by atoms with van der Waals surface area (Å²) in [4.78, 5) is 14.3. The molecule has 4 nitrogen and oxygen atoms in total. The smallest absolute Gasteiger partial charge is 0.233 e. The highest BCUT2D eigenvalue weighted by atomic mass is 35.5. The van der Waals surface area contributed by atoms with Gasteiger partial charge < -0.3 is 14.6 Å². The molecule has 1 amide bonds. The SMILES string of the molecule is CC(C(=O)N1CCNCC1)c1cc2ccccc2o1.Cl. The predicted molar refractivity (Wildman–Crippen MR) is 81.3 cm³/mol. The number of carbonyl (C=O) groups is 1. The van der Waals surface area contributed by atoms with Gasteiger partial charge in [-0.25, -0.2) is 0 Å². The molecule has 0 spiro atoms. The number of amides is 1. The zero-order chi connectivity index (χ0) is 13.2. The van der Waals surface area contributed by atoms with Crippen LogP contribution in [0.2, 0.25) is 0 Å². The highest BCUT2D eigenvalue weighted by molar-refractivity contribution is 5.86. The second-order valence-corrected chi connectivity index (χ2v) is 4.98. The molecule has 2 aromatic rings. The maximum atomic E-state index is 12.4. The fourth-order valence-corrected chi connectivity index (χ4v) is 2.50. The molecular formula is C15H19ClN2O2. The van der Waals surface area contributed by atoms with Crippen molar-refractivity contribution in [1.82, 2.24) is 10.2 Å². The Morgan fingerprint density at radius 3 is 2.70 bits per heavy atom. The van der Waals surface area contributed by atoms with Gasteiger partial charge in [-0.2, -0.15) is 0 Å². The van der Waals surface area contributed by atoms with Gasteiger partial charge in [0.05, 0.1) is 5.92 Å². The van der Waals surface area contributed by atoms with E-state index in [0.717, 1.165) is 42.9 Å². The molecule has 1 aliphatic rings. The van der Waals surface area contributed by atoms with Crippen molar-refractivity contribution in [3.05, 3.63) is 36.1 Å². The molecule has 3 rings (SSSR count). The molecule has 5 heteroatoms. The fraction of sp³-hybridized carbons (Fsp3) is 0.400. The molecule has 108 valence electrons. The van der Waals surface area contributed by atoms with Crippen LogP contribution < -0.4 is 5.32 Å². The van der Waals surface area contributed by atoms with Crippen LogP contribution in [0.1, 0.15) is 18.6 Å². The Morgan fingerprint density at radius 2 is 2.00 bits per heavy atom. The van der Waals surface area contributed by atoms with Gasteiger partial charge in [0.2, 0.25) is 5.91 Å². The van der Waals surface area contributed by atoms with Crippen molar-refractivity contribution in [1.29, 1.82) is 0 Å². The van der Waals surface area contributed by atoms with Crippen molar-refractivity contribution in [2.75, 3.05) is 26.2 Å². The standard InChI is InChI=1S/C15H18N2O2.ClH/c1-11(15(18)17-8-6-16-7-9-17)14-10-12-4-2-3-5-13(12)19-14;/h2-5,10-11,16H,6-9H2,1H3;1H. The van der Waals surface area contributed by atoms with Gasteiger partial charge in [0.1, 0.15) is 11.3 Å². The second kappa shape index (κ2) is 6.29. The van der Waals surface area contributed by atoms with E-state index < -0.39 is 0 Å². The van der Waals surface area contributed by atoms with Gasteiger partial charge in [-0.1, -0.05) is 18.2 Å². The monoisotopic (exact) mass is 294 g/mol. The third-order valence-corrected chi connectivity index (χ3v) is 3.67. The zero-order valence-corrected chi connectivity index (χ0v) is 12.3. The highest BCUT2D eigenvalue weighted by Crippen LogP contribution is 2.26. The number of halogens is 1. The molecule has 2 heterocycles. The Kier molecular flexibility index (Phi) is 4.68. The van der Waals surface area contributed by atoms with Crippen molar-refractivity contribution in [2.24, 2.45) is 0 Å². The topological polar surface area (TPSA) is 45.5 Å². The second-order valence-electron chi connectivity index (χ2n) is 4.98. The number of piperazine rings is 1. The van der Waals surface area contributed by atoms with Crippen molar-refractivity contribution < 1.29 is 9.21 Å². The van der Waals surface area contributed by atoms with Gasteiger partial charge in [-0.15, -0.1) is 12.4 Å². The number of hydrogen-bond donors (Lipinski definition) is 1. The minimum atomic E-state index is -0.217. The number of para-hydroxylation sites is 1. The van der Waals surface area contributed by atoms with Gasteiger partial charge in [0, 0.05) is 31.6 Å². The molecule has 1 N–H and O–H groups in total. The van der Waals surface area contributed by atoms with Gasteiger partial charge in [-0.3, -0.25) is 4.79 Å². The van der Waals surface area contributed by atoms with Gasteiger partial charge in [0.25, 0.3) is 0 Å². The largest absolute Gasteiger partial charge is 0.460 e. The van der Waals surface area contributed by atoms with E-state index >= 15 is 0 Å². The Bertz CT molecular complexity index is 557. The maximum absolute atomic E-state index is 12.4. The summed E-state index contributed by atoms with van der Waals surface area (Å²) in [6, 6.07) is 9.83. The molecule has 0 saturated carbocycles. The van der Waals surface area contributed by atoms with E-state index in [1.165, 1.54) is 0 Å². The van der Waals surface area contributed by atoms with E-state index in [4.69, 9.17) is 4.42 Å². The molecule has 1 atom stereocenters. The Balaban J connectivity index is 0.00000147. The van der Waals surface area contributed by atoms with Crippen molar-refractivity contribution >= 4 is 29.3 Å². The summed E-state index contributed by atoms with van der Waals surface area (Å²) in [5.74, 6) is 0.691. The van der Waals surface area contributed by atoms with Crippen LogP contribution in [0, 0.1) is 0 Å². The quantitative estimate of drug-likeness (QED) is 0.925. The lowest BCUT2D eigenvalue weighted by atomic mass is 10.1. The summed E-state index contributed by atoms with van der Waals surface area (Å²) >= 11 is 0. The lowest BCUT2D eigenvalue weighted by Crippen LogP contribution is -2.47. The van der Waals surface area contributed by atoms with E-state index in [0.29, 0.717) is 0 Å². The molecule has 0 aliphatic carbocycles. The number of carbonyl (C=O) groups excluding carboxylic acids is 1. The van der Waals surface area contributed by atoms with Crippen LogP contribution in [0.15, 0.2) is 34.7 Å². The first-order chi connectivity index (χ1) is 9.25. The van der Waals surface area contributed by atoms with Crippen LogP contribution >= 0.6 is 12.4 Å². The number of nitrogens with zero attached hydrogens (tertiary/aromatic N) is 1. The number of nitrogens with one attached hydrogen (secondary N) is 1. The minimum Gasteiger partial charge on any atom is -0.460 e. The number of furan rings is 1. The molecule has 1 aromatic carbocycles. The van der Waals surface area contributed by atoms with Gasteiger partial charge in [0.15, 0.2) is 0 Å². The zero-order valence-electron chi connectivity index (χ0n) is 11.5. The molecular weight excluding hydrogens is 276 g/mol. The van der Waals surface area contributed by atoms with Crippen LogP contribution in [-0.4, -0.2) is 37.0 Å². The average molecular weight is 295 g/mol. The Labute approximate surface area is 124 Å². The summed E-state index contributed by atoms with van der Waals surface area (Å²) in [6.45, 7) is 5.23. The molecule has 1 unspecified atom stereocenters. The molecule has 20 heavy (non-hydrogen) atoms. The van der Waals surface area contributed by atoms with E-state index in [1.807, 2.05) is 42.2 Å². The summed E-state index contributed by atoms with van der Waals surface area (Å²) in [6.07, 6.45) is 0.